The fraction of sp³-hybridized carbons (Fsp3) is 0.114. The van der Waals surface area contributed by atoms with E-state index in [1.807, 2.05) is 36.4 Å². The first-order valence-corrected chi connectivity index (χ1v) is 12.1. The van der Waals surface area contributed by atoms with E-state index in [9.17, 15) is 0 Å². The summed E-state index contributed by atoms with van der Waals surface area (Å²) in [6.07, 6.45) is 1.25. The van der Waals surface area contributed by atoms with Crippen molar-refractivity contribution >= 4 is 43.5 Å². The third-order valence-corrected chi connectivity index (χ3v) is 7.16. The van der Waals surface area contributed by atoms with Gasteiger partial charge in [-0.2, -0.15) is 0 Å². The molecule has 0 fully saturated rings. The van der Waals surface area contributed by atoms with Gasteiger partial charge in [0.05, 0.1) is 5.69 Å². The SMILES string of the molecule is [2H]C([2H])([2H])c1cc(C)c(-c2cc(-c3cccc4c3oc3c4ccc4ccc5ccccc5c43)ncc2C([2H])([2H])[2H])c(C([2H])([2H])[2H])c1. The van der Waals surface area contributed by atoms with Gasteiger partial charge in [0.15, 0.2) is 0 Å². The molecule has 2 nitrogen and oxygen atoms in total. The molecule has 0 spiro atoms. The van der Waals surface area contributed by atoms with Crippen molar-refractivity contribution in [2.75, 3.05) is 0 Å². The molecule has 0 amide bonds. The van der Waals surface area contributed by atoms with Crippen LogP contribution in [-0.2, 0) is 0 Å². The monoisotopic (exact) mass is 486 g/mol. The number of fused-ring (bicyclic) bond motifs is 7. The van der Waals surface area contributed by atoms with Crippen LogP contribution >= 0.6 is 0 Å². The third kappa shape index (κ3) is 3.29. The van der Waals surface area contributed by atoms with E-state index >= 15 is 0 Å². The lowest BCUT2D eigenvalue weighted by molar-refractivity contribution is 0.674. The Morgan fingerprint density at radius 2 is 1.43 bits per heavy atom. The van der Waals surface area contributed by atoms with Crippen molar-refractivity contribution in [1.82, 2.24) is 4.98 Å². The average molecular weight is 487 g/mol. The highest BCUT2D eigenvalue weighted by molar-refractivity contribution is 6.23. The van der Waals surface area contributed by atoms with Gasteiger partial charge in [-0.1, -0.05) is 72.3 Å². The van der Waals surface area contributed by atoms with Crippen LogP contribution in [0.5, 0.6) is 0 Å². The summed E-state index contributed by atoms with van der Waals surface area (Å²) in [4.78, 5) is 4.56. The topological polar surface area (TPSA) is 26.0 Å². The van der Waals surface area contributed by atoms with E-state index in [0.717, 1.165) is 44.0 Å². The van der Waals surface area contributed by atoms with Gasteiger partial charge in [-0.25, -0.2) is 0 Å². The van der Waals surface area contributed by atoms with Crippen LogP contribution < -0.4 is 0 Å². The summed E-state index contributed by atoms with van der Waals surface area (Å²) in [5, 5.41) is 5.92. The number of hydrogen-bond acceptors (Lipinski definition) is 2. The van der Waals surface area contributed by atoms with Gasteiger partial charge in [-0.3, -0.25) is 4.98 Å². The quantitative estimate of drug-likeness (QED) is 0.227. The Morgan fingerprint density at radius 3 is 2.32 bits per heavy atom. The van der Waals surface area contributed by atoms with Crippen molar-refractivity contribution in [2.24, 2.45) is 0 Å². The van der Waals surface area contributed by atoms with Gasteiger partial charge in [-0.05, 0) is 89.7 Å². The highest BCUT2D eigenvalue weighted by Gasteiger charge is 2.18. The normalized spacial score (nSPS) is 16.4. The minimum absolute atomic E-state index is 0.128. The third-order valence-electron chi connectivity index (χ3n) is 7.16. The lowest BCUT2D eigenvalue weighted by Gasteiger charge is -2.15. The largest absolute Gasteiger partial charge is 0.455 e. The lowest BCUT2D eigenvalue weighted by Crippen LogP contribution is -1.95. The predicted molar refractivity (Wildman–Crippen MR) is 156 cm³/mol. The van der Waals surface area contributed by atoms with Crippen LogP contribution in [-0.4, -0.2) is 4.98 Å². The number of rotatable bonds is 2. The maximum atomic E-state index is 8.28. The van der Waals surface area contributed by atoms with Crippen LogP contribution in [0.25, 0.3) is 65.9 Å². The van der Waals surface area contributed by atoms with E-state index in [1.54, 1.807) is 13.0 Å². The van der Waals surface area contributed by atoms with E-state index in [2.05, 4.69) is 35.3 Å². The number of benzene rings is 5. The van der Waals surface area contributed by atoms with E-state index in [0.29, 0.717) is 22.4 Å². The lowest BCUT2D eigenvalue weighted by atomic mass is 9.91. The first kappa shape index (κ1) is 14.3. The molecule has 0 atom stereocenters. The summed E-state index contributed by atoms with van der Waals surface area (Å²) in [5.41, 5.74) is 2.40. The number of aryl methyl sites for hydroxylation is 4. The molecule has 7 rings (SSSR count). The fourth-order valence-electron chi connectivity index (χ4n) is 5.50. The molecule has 2 aromatic heterocycles. The summed E-state index contributed by atoms with van der Waals surface area (Å²) in [7, 11) is 0. The molecule has 5 aromatic carbocycles. The molecule has 37 heavy (non-hydrogen) atoms. The highest BCUT2D eigenvalue weighted by atomic mass is 16.3. The van der Waals surface area contributed by atoms with Crippen LogP contribution in [0.2, 0.25) is 0 Å². The minimum Gasteiger partial charge on any atom is -0.455 e. The zero-order chi connectivity index (χ0) is 32.8. The zero-order valence-electron chi connectivity index (χ0n) is 29.0. The number of furan rings is 1. The number of hydrogen-bond donors (Lipinski definition) is 0. The second-order valence-electron chi connectivity index (χ2n) is 9.44. The van der Waals surface area contributed by atoms with Crippen LogP contribution in [0, 0.1) is 27.5 Å². The molecule has 0 N–H and O–H groups in total. The molecular formula is C35H27NO. The zero-order valence-corrected chi connectivity index (χ0v) is 20.0. The van der Waals surface area contributed by atoms with Crippen LogP contribution in [0.15, 0.2) is 95.5 Å². The second-order valence-corrected chi connectivity index (χ2v) is 9.44. The molecule has 0 aliphatic rings. The molecule has 0 bridgehead atoms. The van der Waals surface area contributed by atoms with Gasteiger partial charge in [0.1, 0.15) is 11.2 Å². The number of nitrogens with zero attached hydrogens (tertiary/aromatic N) is 1. The van der Waals surface area contributed by atoms with Gasteiger partial charge < -0.3 is 4.42 Å². The Balaban J connectivity index is 1.53. The summed E-state index contributed by atoms with van der Waals surface area (Å²) >= 11 is 0. The van der Waals surface area contributed by atoms with Crippen LogP contribution in [0.3, 0.4) is 0 Å². The van der Waals surface area contributed by atoms with Crippen LogP contribution in [0.4, 0.5) is 0 Å². The number of aromatic nitrogens is 1. The molecule has 0 aliphatic heterocycles. The highest BCUT2D eigenvalue weighted by Crippen LogP contribution is 2.41. The van der Waals surface area contributed by atoms with Crippen molar-refractivity contribution in [2.45, 2.75) is 27.5 Å². The minimum atomic E-state index is -2.72. The molecular weight excluding hydrogens is 450 g/mol. The Hall–Kier alpha value is -4.43. The molecule has 0 radical (unpaired) electrons. The smallest absolute Gasteiger partial charge is 0.144 e. The average Bonchev–Trinajstić information content (AvgIpc) is 3.38. The fourth-order valence-corrected chi connectivity index (χ4v) is 5.50. The summed E-state index contributed by atoms with van der Waals surface area (Å²) in [5.74, 6) is 0. The molecule has 0 unspecified atom stereocenters. The Kier molecular flexibility index (Phi) is 3.12. The van der Waals surface area contributed by atoms with Crippen LogP contribution in [0.1, 0.15) is 34.6 Å². The summed E-state index contributed by atoms with van der Waals surface area (Å²) in [6, 6.07) is 26.1. The van der Waals surface area contributed by atoms with Gasteiger partial charge in [0.25, 0.3) is 0 Å². The Labute approximate surface area is 228 Å². The second kappa shape index (κ2) is 8.04. The first-order valence-electron chi connectivity index (χ1n) is 16.6. The van der Waals surface area contributed by atoms with E-state index in [1.165, 1.54) is 12.3 Å². The summed E-state index contributed by atoms with van der Waals surface area (Å²) in [6.45, 7) is -6.31. The van der Waals surface area contributed by atoms with E-state index in [-0.39, 0.29) is 27.8 Å². The van der Waals surface area contributed by atoms with Crippen molar-refractivity contribution in [3.8, 4) is 22.4 Å². The van der Waals surface area contributed by atoms with Crippen molar-refractivity contribution in [3.63, 3.8) is 0 Å². The van der Waals surface area contributed by atoms with Gasteiger partial charge in [0.2, 0.25) is 0 Å². The number of para-hydroxylation sites is 1. The standard InChI is InChI=1S/C35H27NO/c1-20-16-21(2)32(22(3)17-20)30-18-31(36-19-23(30)4)29-11-7-10-27-28-15-14-25-13-12-24-8-5-6-9-26(24)33(25)35(28)37-34(27)29/h5-19H,1-4H3/i1D3,2D3,4D3. The molecule has 178 valence electrons. The maximum Gasteiger partial charge on any atom is 0.144 e. The van der Waals surface area contributed by atoms with Crippen molar-refractivity contribution < 1.29 is 16.8 Å². The Bertz CT molecular complexity index is 2340. The van der Waals surface area contributed by atoms with Crippen molar-refractivity contribution in [1.29, 1.82) is 0 Å². The van der Waals surface area contributed by atoms with Crippen molar-refractivity contribution in [3.05, 3.63) is 113 Å². The Morgan fingerprint density at radius 1 is 0.649 bits per heavy atom. The maximum absolute atomic E-state index is 8.28. The molecule has 7 aromatic rings. The predicted octanol–water partition coefficient (Wildman–Crippen LogP) is 9.86. The van der Waals surface area contributed by atoms with Gasteiger partial charge >= 0.3 is 0 Å². The van der Waals surface area contributed by atoms with E-state index < -0.39 is 20.6 Å². The first-order chi connectivity index (χ1) is 21.6. The molecule has 2 heteroatoms. The number of pyridine rings is 1. The van der Waals surface area contributed by atoms with Gasteiger partial charge in [-0.15, -0.1) is 0 Å². The molecule has 0 aliphatic carbocycles. The molecule has 2 heterocycles. The summed E-state index contributed by atoms with van der Waals surface area (Å²) < 4.78 is 80.0. The van der Waals surface area contributed by atoms with Gasteiger partial charge in [0, 0.05) is 40.3 Å². The van der Waals surface area contributed by atoms with E-state index in [4.69, 9.17) is 16.8 Å². The molecule has 0 saturated heterocycles. The molecule has 0 saturated carbocycles.